The Morgan fingerprint density at radius 1 is 1.32 bits per heavy atom. The predicted octanol–water partition coefficient (Wildman–Crippen LogP) is 2.35. The molecule has 1 N–H and O–H groups in total. The molecule has 0 radical (unpaired) electrons. The minimum atomic E-state index is -3.47. The van der Waals surface area contributed by atoms with Crippen molar-refractivity contribution in [3.63, 3.8) is 0 Å². The normalized spacial score (nSPS) is 11.6. The lowest BCUT2D eigenvalue weighted by atomic mass is 10.2. The second-order valence-corrected chi connectivity index (χ2v) is 6.55. The molecular formula is C12H13BrN2O3S. The lowest BCUT2D eigenvalue weighted by Crippen LogP contribution is -2.25. The van der Waals surface area contributed by atoms with Gasteiger partial charge >= 0.3 is 0 Å². The van der Waals surface area contributed by atoms with Gasteiger partial charge in [0.25, 0.3) is 0 Å². The van der Waals surface area contributed by atoms with Crippen molar-refractivity contribution in [3.8, 4) is 0 Å². The van der Waals surface area contributed by atoms with Crippen molar-refractivity contribution in [1.29, 1.82) is 0 Å². The van der Waals surface area contributed by atoms with Crippen LogP contribution in [-0.4, -0.2) is 20.1 Å². The Morgan fingerprint density at radius 3 is 2.79 bits per heavy atom. The fourth-order valence-electron chi connectivity index (χ4n) is 1.59. The van der Waals surface area contributed by atoms with Gasteiger partial charge in [-0.15, -0.1) is 0 Å². The number of hydrogen-bond donors (Lipinski definition) is 1. The minimum absolute atomic E-state index is 0.250. The summed E-state index contributed by atoms with van der Waals surface area (Å²) in [6.45, 7) is 0.370. The summed E-state index contributed by atoms with van der Waals surface area (Å²) in [5.74, 6) is 0. The number of halogens is 1. The first-order valence-electron chi connectivity index (χ1n) is 5.72. The molecule has 1 aromatic heterocycles. The van der Waals surface area contributed by atoms with Crippen LogP contribution < -0.4 is 4.72 Å². The maximum atomic E-state index is 12.0. The van der Waals surface area contributed by atoms with E-state index in [0.29, 0.717) is 17.4 Å². The number of rotatable bonds is 6. The fraction of sp³-hybridized carbons (Fsp3) is 0.250. The molecule has 102 valence electrons. The molecule has 0 aliphatic rings. The third kappa shape index (κ3) is 3.89. The number of hydrogen-bond acceptors (Lipinski definition) is 4. The maximum absolute atomic E-state index is 12.0. The van der Waals surface area contributed by atoms with Crippen LogP contribution in [-0.2, 0) is 16.4 Å². The highest BCUT2D eigenvalue weighted by Crippen LogP contribution is 2.20. The van der Waals surface area contributed by atoms with Gasteiger partial charge in [0.2, 0.25) is 10.0 Å². The first kappa shape index (κ1) is 14.2. The number of benzene rings is 1. The molecule has 1 aromatic carbocycles. The van der Waals surface area contributed by atoms with Crippen molar-refractivity contribution in [3.05, 3.63) is 46.8 Å². The second kappa shape index (κ2) is 6.31. The molecule has 5 nitrogen and oxygen atoms in total. The van der Waals surface area contributed by atoms with E-state index >= 15 is 0 Å². The van der Waals surface area contributed by atoms with Crippen LogP contribution >= 0.6 is 15.9 Å². The number of nitrogens with one attached hydrogen (secondary N) is 1. The van der Waals surface area contributed by atoms with Crippen molar-refractivity contribution >= 4 is 26.0 Å². The van der Waals surface area contributed by atoms with Crippen molar-refractivity contribution in [2.45, 2.75) is 17.7 Å². The molecule has 0 fully saturated rings. The monoisotopic (exact) mass is 344 g/mol. The van der Waals surface area contributed by atoms with Gasteiger partial charge in [-0.05, 0) is 40.9 Å². The highest BCUT2D eigenvalue weighted by atomic mass is 79.9. The Morgan fingerprint density at radius 2 is 2.11 bits per heavy atom. The lowest BCUT2D eigenvalue weighted by Gasteiger charge is -2.07. The Labute approximate surface area is 120 Å². The first-order chi connectivity index (χ1) is 9.09. The molecule has 0 aliphatic heterocycles. The summed E-state index contributed by atoms with van der Waals surface area (Å²) in [6.07, 6.45) is 4.59. The standard InChI is InChI=1S/C12H13BrN2O3S/c13-11-5-1-2-6-12(11)19(16,17)15-7-3-4-10-8-14-18-9-10/h1-2,5-6,8-9,15H,3-4,7H2. The molecule has 0 unspecified atom stereocenters. The second-order valence-electron chi connectivity index (χ2n) is 3.96. The summed E-state index contributed by atoms with van der Waals surface area (Å²) in [7, 11) is -3.47. The van der Waals surface area contributed by atoms with Crippen molar-refractivity contribution in [2.24, 2.45) is 0 Å². The molecule has 7 heteroatoms. The third-order valence-electron chi connectivity index (χ3n) is 2.54. The molecule has 0 atom stereocenters. The Balaban J connectivity index is 1.90. The van der Waals surface area contributed by atoms with E-state index in [1.807, 2.05) is 0 Å². The van der Waals surface area contributed by atoms with Crippen LogP contribution in [0.5, 0.6) is 0 Å². The van der Waals surface area contributed by atoms with Gasteiger partial charge in [0, 0.05) is 16.6 Å². The van der Waals surface area contributed by atoms with Gasteiger partial charge in [-0.3, -0.25) is 0 Å². The summed E-state index contributed by atoms with van der Waals surface area (Å²) >= 11 is 3.23. The Kier molecular flexibility index (Phi) is 4.73. The van der Waals surface area contributed by atoms with E-state index in [0.717, 1.165) is 12.0 Å². The summed E-state index contributed by atoms with van der Waals surface area (Å²) in [5.41, 5.74) is 0.958. The summed E-state index contributed by atoms with van der Waals surface area (Å²) < 4.78 is 31.9. The van der Waals surface area contributed by atoms with Crippen LogP contribution in [0.1, 0.15) is 12.0 Å². The first-order valence-corrected chi connectivity index (χ1v) is 8.00. The highest BCUT2D eigenvalue weighted by molar-refractivity contribution is 9.10. The van der Waals surface area contributed by atoms with E-state index in [-0.39, 0.29) is 4.90 Å². The topological polar surface area (TPSA) is 72.2 Å². The fourth-order valence-corrected chi connectivity index (χ4v) is 3.66. The quantitative estimate of drug-likeness (QED) is 0.816. The van der Waals surface area contributed by atoms with Gasteiger partial charge in [0.15, 0.2) is 0 Å². The van der Waals surface area contributed by atoms with Crippen molar-refractivity contribution < 1.29 is 12.9 Å². The van der Waals surface area contributed by atoms with Crippen LogP contribution in [0.4, 0.5) is 0 Å². The van der Waals surface area contributed by atoms with E-state index < -0.39 is 10.0 Å². The average Bonchev–Trinajstić information content (AvgIpc) is 2.88. The molecule has 0 saturated carbocycles. The zero-order chi connectivity index (χ0) is 13.7. The highest BCUT2D eigenvalue weighted by Gasteiger charge is 2.15. The third-order valence-corrected chi connectivity index (χ3v) is 5.02. The van der Waals surface area contributed by atoms with Gasteiger partial charge < -0.3 is 4.52 Å². The summed E-state index contributed by atoms with van der Waals surface area (Å²) in [5, 5.41) is 3.59. The van der Waals surface area contributed by atoms with Crippen LogP contribution in [0.2, 0.25) is 0 Å². The largest absolute Gasteiger partial charge is 0.364 e. The smallest absolute Gasteiger partial charge is 0.241 e. The minimum Gasteiger partial charge on any atom is -0.364 e. The molecule has 2 aromatic rings. The Hall–Kier alpha value is -1.18. The van der Waals surface area contributed by atoms with Crippen molar-refractivity contribution in [2.75, 3.05) is 6.54 Å². The van der Waals surface area contributed by atoms with Gasteiger partial charge in [-0.1, -0.05) is 17.3 Å². The number of sulfonamides is 1. The molecule has 0 spiro atoms. The van der Waals surface area contributed by atoms with Crippen LogP contribution in [0.3, 0.4) is 0 Å². The van der Waals surface area contributed by atoms with Crippen LogP contribution in [0.15, 0.2) is 50.6 Å². The molecule has 0 amide bonds. The molecule has 19 heavy (non-hydrogen) atoms. The van der Waals surface area contributed by atoms with Gasteiger partial charge in [-0.25, -0.2) is 13.1 Å². The lowest BCUT2D eigenvalue weighted by molar-refractivity contribution is 0.418. The van der Waals surface area contributed by atoms with Crippen molar-refractivity contribution in [1.82, 2.24) is 9.88 Å². The molecule has 0 saturated heterocycles. The van der Waals surface area contributed by atoms with Gasteiger partial charge in [-0.2, -0.15) is 0 Å². The molecule has 0 bridgehead atoms. The van der Waals surface area contributed by atoms with E-state index in [4.69, 9.17) is 4.52 Å². The van der Waals surface area contributed by atoms with Crippen LogP contribution in [0.25, 0.3) is 0 Å². The molecular weight excluding hydrogens is 332 g/mol. The van der Waals surface area contributed by atoms with Gasteiger partial charge in [0.05, 0.1) is 11.1 Å². The Bertz CT molecular complexity index is 626. The number of aryl methyl sites for hydroxylation is 1. The summed E-state index contributed by atoms with van der Waals surface area (Å²) in [4.78, 5) is 0.250. The van der Waals surface area contributed by atoms with Gasteiger partial charge in [0.1, 0.15) is 6.26 Å². The molecule has 2 rings (SSSR count). The maximum Gasteiger partial charge on any atom is 0.241 e. The van der Waals surface area contributed by atoms with E-state index in [9.17, 15) is 8.42 Å². The van der Waals surface area contributed by atoms with Crippen LogP contribution in [0, 0.1) is 0 Å². The average molecular weight is 345 g/mol. The zero-order valence-corrected chi connectivity index (χ0v) is 12.4. The number of nitrogens with zero attached hydrogens (tertiary/aromatic N) is 1. The molecule has 0 aliphatic carbocycles. The number of aromatic nitrogens is 1. The SMILES string of the molecule is O=S(=O)(NCCCc1cnoc1)c1ccccc1Br. The predicted molar refractivity (Wildman–Crippen MR) is 74.2 cm³/mol. The molecule has 1 heterocycles. The van der Waals surface area contributed by atoms with E-state index in [2.05, 4.69) is 25.8 Å². The van der Waals surface area contributed by atoms with E-state index in [1.165, 1.54) is 0 Å². The van der Waals surface area contributed by atoms with E-state index in [1.54, 1.807) is 36.7 Å². The zero-order valence-electron chi connectivity index (χ0n) is 10.0. The summed E-state index contributed by atoms with van der Waals surface area (Å²) in [6, 6.07) is 6.73.